The highest BCUT2D eigenvalue weighted by molar-refractivity contribution is 5.77. The Labute approximate surface area is 116 Å². The molecule has 2 heterocycles. The van der Waals surface area contributed by atoms with E-state index in [0.717, 1.165) is 35.4 Å². The number of rotatable bonds is 3. The van der Waals surface area contributed by atoms with Crippen LogP contribution < -0.4 is 4.74 Å². The Hall–Kier alpha value is -2.33. The molecule has 0 N–H and O–H groups in total. The molecular formula is C16H13NO3. The van der Waals surface area contributed by atoms with Crippen LogP contribution in [0.1, 0.15) is 6.42 Å². The van der Waals surface area contributed by atoms with Gasteiger partial charge in [-0.05, 0) is 24.3 Å². The summed E-state index contributed by atoms with van der Waals surface area (Å²) in [6, 6.07) is 15.5. The van der Waals surface area contributed by atoms with E-state index < -0.39 is 0 Å². The van der Waals surface area contributed by atoms with Crippen LogP contribution in [0.25, 0.3) is 22.6 Å². The van der Waals surface area contributed by atoms with Crippen molar-refractivity contribution in [1.82, 2.24) is 4.98 Å². The van der Waals surface area contributed by atoms with Crippen molar-refractivity contribution in [3.63, 3.8) is 0 Å². The summed E-state index contributed by atoms with van der Waals surface area (Å²) in [4.78, 5) is 4.51. The Kier molecular flexibility index (Phi) is 2.67. The first-order valence-electron chi connectivity index (χ1n) is 6.63. The van der Waals surface area contributed by atoms with E-state index in [9.17, 15) is 0 Å². The molecular weight excluding hydrogens is 254 g/mol. The SMILES string of the molecule is c1ccc(-c2nc3cc(OC4CCO4)ccc3o2)cc1. The zero-order chi connectivity index (χ0) is 13.4. The molecule has 20 heavy (non-hydrogen) atoms. The second-order valence-electron chi connectivity index (χ2n) is 4.72. The van der Waals surface area contributed by atoms with Gasteiger partial charge in [0.25, 0.3) is 0 Å². The van der Waals surface area contributed by atoms with E-state index in [2.05, 4.69) is 4.98 Å². The fourth-order valence-corrected chi connectivity index (χ4v) is 2.14. The lowest BCUT2D eigenvalue weighted by Gasteiger charge is -2.26. The highest BCUT2D eigenvalue weighted by Gasteiger charge is 2.20. The van der Waals surface area contributed by atoms with Crippen LogP contribution in [0.2, 0.25) is 0 Å². The summed E-state index contributed by atoms with van der Waals surface area (Å²) in [7, 11) is 0. The number of ether oxygens (including phenoxy) is 2. The van der Waals surface area contributed by atoms with E-state index >= 15 is 0 Å². The van der Waals surface area contributed by atoms with Crippen LogP contribution in [0.4, 0.5) is 0 Å². The van der Waals surface area contributed by atoms with Gasteiger partial charge in [-0.3, -0.25) is 0 Å². The molecule has 0 saturated carbocycles. The van der Waals surface area contributed by atoms with Crippen molar-refractivity contribution in [3.05, 3.63) is 48.5 Å². The molecule has 0 radical (unpaired) electrons. The van der Waals surface area contributed by atoms with E-state index in [1.807, 2.05) is 48.5 Å². The minimum Gasteiger partial charge on any atom is -0.465 e. The maximum atomic E-state index is 5.76. The first kappa shape index (κ1) is 11.5. The molecule has 100 valence electrons. The molecule has 1 fully saturated rings. The molecule has 4 heteroatoms. The van der Waals surface area contributed by atoms with E-state index in [-0.39, 0.29) is 6.29 Å². The number of nitrogens with zero attached hydrogens (tertiary/aromatic N) is 1. The lowest BCUT2D eigenvalue weighted by Crippen LogP contribution is -2.32. The first-order valence-corrected chi connectivity index (χ1v) is 6.63. The van der Waals surface area contributed by atoms with Gasteiger partial charge >= 0.3 is 0 Å². The lowest BCUT2D eigenvalue weighted by molar-refractivity contribution is -0.165. The number of oxazole rings is 1. The molecule has 2 aromatic carbocycles. The van der Waals surface area contributed by atoms with Gasteiger partial charge in [0.2, 0.25) is 12.2 Å². The normalized spacial score (nSPS) is 17.9. The van der Waals surface area contributed by atoms with Gasteiger partial charge in [-0.2, -0.15) is 0 Å². The number of aromatic nitrogens is 1. The summed E-state index contributed by atoms with van der Waals surface area (Å²) in [6.45, 7) is 0.773. The van der Waals surface area contributed by atoms with Crippen molar-refractivity contribution in [3.8, 4) is 17.2 Å². The molecule has 1 aliphatic heterocycles. The fourth-order valence-electron chi connectivity index (χ4n) is 2.14. The van der Waals surface area contributed by atoms with E-state index in [4.69, 9.17) is 13.9 Å². The minimum atomic E-state index is -0.118. The zero-order valence-corrected chi connectivity index (χ0v) is 10.8. The highest BCUT2D eigenvalue weighted by atomic mass is 16.7. The molecule has 0 spiro atoms. The van der Waals surface area contributed by atoms with Crippen molar-refractivity contribution >= 4 is 11.1 Å². The van der Waals surface area contributed by atoms with Gasteiger partial charge in [-0.25, -0.2) is 4.98 Å². The maximum absolute atomic E-state index is 5.76. The highest BCUT2D eigenvalue weighted by Crippen LogP contribution is 2.28. The summed E-state index contributed by atoms with van der Waals surface area (Å²) in [5.74, 6) is 1.38. The van der Waals surface area contributed by atoms with Gasteiger partial charge in [-0.15, -0.1) is 0 Å². The molecule has 1 aromatic heterocycles. The topological polar surface area (TPSA) is 44.5 Å². The second kappa shape index (κ2) is 4.65. The summed E-state index contributed by atoms with van der Waals surface area (Å²) in [5, 5.41) is 0. The van der Waals surface area contributed by atoms with Gasteiger partial charge in [0.1, 0.15) is 11.3 Å². The molecule has 1 saturated heterocycles. The van der Waals surface area contributed by atoms with E-state index in [1.54, 1.807) is 0 Å². The quantitative estimate of drug-likeness (QED) is 0.727. The monoisotopic (exact) mass is 267 g/mol. The van der Waals surface area contributed by atoms with Crippen molar-refractivity contribution in [2.45, 2.75) is 12.7 Å². The van der Waals surface area contributed by atoms with Crippen molar-refractivity contribution < 1.29 is 13.9 Å². The van der Waals surface area contributed by atoms with Crippen molar-refractivity contribution in [2.75, 3.05) is 6.61 Å². The predicted octanol–water partition coefficient (Wildman–Crippen LogP) is 3.62. The molecule has 4 rings (SSSR count). The molecule has 1 atom stereocenters. The fraction of sp³-hybridized carbons (Fsp3) is 0.188. The Morgan fingerprint density at radius 1 is 1.10 bits per heavy atom. The molecule has 1 unspecified atom stereocenters. The van der Waals surface area contributed by atoms with Crippen molar-refractivity contribution in [2.24, 2.45) is 0 Å². The molecule has 0 aliphatic carbocycles. The van der Waals surface area contributed by atoms with Gasteiger partial charge in [-0.1, -0.05) is 18.2 Å². The average Bonchev–Trinajstić information content (AvgIpc) is 2.87. The Bertz CT molecular complexity index is 732. The third-order valence-electron chi connectivity index (χ3n) is 3.30. The van der Waals surface area contributed by atoms with Crippen LogP contribution in [-0.2, 0) is 4.74 Å². The predicted molar refractivity (Wildman–Crippen MR) is 74.4 cm³/mol. The second-order valence-corrected chi connectivity index (χ2v) is 4.72. The summed E-state index contributed by atoms with van der Waals surface area (Å²) in [5.41, 5.74) is 2.51. The smallest absolute Gasteiger partial charge is 0.227 e. The molecule has 4 nitrogen and oxygen atoms in total. The van der Waals surface area contributed by atoms with Gasteiger partial charge in [0, 0.05) is 18.1 Å². The number of benzene rings is 2. The van der Waals surface area contributed by atoms with Crippen LogP contribution in [0.3, 0.4) is 0 Å². The molecule has 3 aromatic rings. The maximum Gasteiger partial charge on any atom is 0.227 e. The lowest BCUT2D eigenvalue weighted by atomic mass is 10.2. The third-order valence-corrected chi connectivity index (χ3v) is 3.30. The third kappa shape index (κ3) is 2.04. The summed E-state index contributed by atoms with van der Waals surface area (Å²) in [6.07, 6.45) is 0.819. The molecule has 0 bridgehead atoms. The Morgan fingerprint density at radius 3 is 2.70 bits per heavy atom. The summed E-state index contributed by atoms with van der Waals surface area (Å²) < 4.78 is 16.7. The van der Waals surface area contributed by atoms with Gasteiger partial charge < -0.3 is 13.9 Å². The number of hydrogen-bond acceptors (Lipinski definition) is 4. The van der Waals surface area contributed by atoms with Gasteiger partial charge in [0.15, 0.2) is 5.58 Å². The van der Waals surface area contributed by atoms with E-state index in [0.29, 0.717) is 5.89 Å². The Balaban J connectivity index is 1.68. The largest absolute Gasteiger partial charge is 0.465 e. The van der Waals surface area contributed by atoms with Crippen LogP contribution >= 0.6 is 0 Å². The first-order chi connectivity index (χ1) is 9.88. The van der Waals surface area contributed by atoms with Crippen LogP contribution in [0.5, 0.6) is 5.75 Å². The van der Waals surface area contributed by atoms with Crippen LogP contribution in [0.15, 0.2) is 52.9 Å². The van der Waals surface area contributed by atoms with Crippen molar-refractivity contribution in [1.29, 1.82) is 0 Å². The standard InChI is InChI=1S/C16H13NO3/c1-2-4-11(5-3-1)16-17-13-10-12(6-7-14(13)20-16)19-15-8-9-18-15/h1-7,10,15H,8-9H2. The zero-order valence-electron chi connectivity index (χ0n) is 10.8. The molecule has 1 aliphatic rings. The number of hydrogen-bond donors (Lipinski definition) is 0. The van der Waals surface area contributed by atoms with Crippen LogP contribution in [-0.4, -0.2) is 17.9 Å². The van der Waals surface area contributed by atoms with Gasteiger partial charge in [0.05, 0.1) is 6.61 Å². The summed E-state index contributed by atoms with van der Waals surface area (Å²) >= 11 is 0. The van der Waals surface area contributed by atoms with Crippen LogP contribution in [0, 0.1) is 0 Å². The number of fused-ring (bicyclic) bond motifs is 1. The average molecular weight is 267 g/mol. The Morgan fingerprint density at radius 2 is 1.95 bits per heavy atom. The van der Waals surface area contributed by atoms with E-state index in [1.165, 1.54) is 0 Å². The molecule has 0 amide bonds. The minimum absolute atomic E-state index is 0.118.